The lowest BCUT2D eigenvalue weighted by Gasteiger charge is -2.27. The van der Waals surface area contributed by atoms with Gasteiger partial charge in [-0.15, -0.1) is 0 Å². The van der Waals surface area contributed by atoms with E-state index in [1.165, 1.54) is 0 Å². The van der Waals surface area contributed by atoms with Crippen LogP contribution in [0.4, 0.5) is 0 Å². The molecule has 140 valence electrons. The van der Waals surface area contributed by atoms with Gasteiger partial charge in [0.2, 0.25) is 0 Å². The number of H-pyrrole nitrogens is 1. The fourth-order valence-corrected chi connectivity index (χ4v) is 3.94. The molecule has 0 unspecified atom stereocenters. The number of aryl methyl sites for hydroxylation is 1. The molecule has 0 saturated heterocycles. The lowest BCUT2D eigenvalue weighted by molar-refractivity contribution is 0.240. The van der Waals surface area contributed by atoms with Crippen LogP contribution in [0.1, 0.15) is 22.8 Å². The summed E-state index contributed by atoms with van der Waals surface area (Å²) in [6.45, 7) is 4.20. The summed E-state index contributed by atoms with van der Waals surface area (Å²) in [5, 5.41) is 0. The van der Waals surface area contributed by atoms with E-state index in [1.807, 2.05) is 55.6 Å². The number of benzene rings is 1. The highest BCUT2D eigenvalue weighted by molar-refractivity contribution is 5.55. The topological polar surface area (TPSA) is 66.3 Å². The van der Waals surface area contributed by atoms with Gasteiger partial charge in [0.25, 0.3) is 5.56 Å². The van der Waals surface area contributed by atoms with Gasteiger partial charge in [-0.25, -0.2) is 9.97 Å². The highest BCUT2D eigenvalue weighted by Crippen LogP contribution is 2.21. The molecule has 0 radical (unpaired) electrons. The Balaban J connectivity index is 1.43. The highest BCUT2D eigenvalue weighted by atomic mass is 16.1. The van der Waals surface area contributed by atoms with Gasteiger partial charge in [0, 0.05) is 37.8 Å². The van der Waals surface area contributed by atoms with Gasteiger partial charge >= 0.3 is 0 Å². The second kappa shape index (κ2) is 6.73. The Hall–Kier alpha value is -3.25. The number of fused-ring (bicyclic) bond motifs is 2. The molecule has 0 saturated carbocycles. The Morgan fingerprint density at radius 2 is 1.89 bits per heavy atom. The standard InChI is InChI=1S/C22H21N5O/c1-15-23-19(20-9-5-6-11-27(15)20)14-26-12-10-18-17(13-26)22(28)25-21(24-18)16-7-3-2-4-8-16/h2-9,11H,10,12-14H2,1H3,(H,24,25,28). The van der Waals surface area contributed by atoms with Crippen molar-refractivity contribution in [1.82, 2.24) is 24.3 Å². The maximum Gasteiger partial charge on any atom is 0.255 e. The van der Waals surface area contributed by atoms with Crippen molar-refractivity contribution in [3.05, 3.63) is 87.9 Å². The zero-order valence-corrected chi connectivity index (χ0v) is 15.7. The highest BCUT2D eigenvalue weighted by Gasteiger charge is 2.23. The minimum absolute atomic E-state index is 0.0422. The largest absolute Gasteiger partial charge is 0.306 e. The summed E-state index contributed by atoms with van der Waals surface area (Å²) in [4.78, 5) is 27.4. The predicted octanol–water partition coefficient (Wildman–Crippen LogP) is 2.95. The molecule has 1 N–H and O–H groups in total. The second-order valence-electron chi connectivity index (χ2n) is 7.23. The van der Waals surface area contributed by atoms with Crippen LogP contribution in [-0.4, -0.2) is 30.8 Å². The average molecular weight is 371 g/mol. The van der Waals surface area contributed by atoms with Gasteiger partial charge < -0.3 is 9.38 Å². The number of aromatic amines is 1. The average Bonchev–Trinajstić information content (AvgIpc) is 3.05. The molecule has 4 aromatic rings. The third-order valence-corrected chi connectivity index (χ3v) is 5.37. The van der Waals surface area contributed by atoms with Crippen LogP contribution in [0.25, 0.3) is 16.9 Å². The van der Waals surface area contributed by atoms with Gasteiger partial charge in [0.1, 0.15) is 11.6 Å². The van der Waals surface area contributed by atoms with Crippen molar-refractivity contribution in [2.24, 2.45) is 0 Å². The predicted molar refractivity (Wildman–Crippen MR) is 108 cm³/mol. The fourth-order valence-electron chi connectivity index (χ4n) is 3.94. The summed E-state index contributed by atoms with van der Waals surface area (Å²) >= 11 is 0. The van der Waals surface area contributed by atoms with Crippen LogP contribution in [-0.2, 0) is 19.5 Å². The zero-order valence-electron chi connectivity index (χ0n) is 15.7. The lowest BCUT2D eigenvalue weighted by Crippen LogP contribution is -2.35. The Morgan fingerprint density at radius 1 is 1.07 bits per heavy atom. The first-order valence-electron chi connectivity index (χ1n) is 9.51. The molecule has 0 fully saturated rings. The minimum Gasteiger partial charge on any atom is -0.306 e. The van der Waals surface area contributed by atoms with Crippen LogP contribution in [0.15, 0.2) is 59.5 Å². The number of aromatic nitrogens is 4. The van der Waals surface area contributed by atoms with E-state index in [0.717, 1.165) is 53.4 Å². The third kappa shape index (κ3) is 2.92. The van der Waals surface area contributed by atoms with Crippen molar-refractivity contribution in [3.63, 3.8) is 0 Å². The van der Waals surface area contributed by atoms with Crippen molar-refractivity contribution in [3.8, 4) is 11.4 Å². The monoisotopic (exact) mass is 371 g/mol. The van der Waals surface area contributed by atoms with Gasteiger partial charge in [-0.2, -0.15) is 0 Å². The normalized spacial score (nSPS) is 14.3. The molecule has 0 aliphatic carbocycles. The van der Waals surface area contributed by atoms with Crippen molar-refractivity contribution in [1.29, 1.82) is 0 Å². The van der Waals surface area contributed by atoms with Gasteiger partial charge in [-0.05, 0) is 19.1 Å². The third-order valence-electron chi connectivity index (χ3n) is 5.37. The molecule has 6 heteroatoms. The number of nitrogens with zero attached hydrogens (tertiary/aromatic N) is 4. The molecular weight excluding hydrogens is 350 g/mol. The van der Waals surface area contributed by atoms with E-state index in [4.69, 9.17) is 9.97 Å². The van der Waals surface area contributed by atoms with E-state index < -0.39 is 0 Å². The summed E-state index contributed by atoms with van der Waals surface area (Å²) in [6, 6.07) is 15.9. The van der Waals surface area contributed by atoms with Gasteiger partial charge in [0.05, 0.1) is 22.5 Å². The van der Waals surface area contributed by atoms with Gasteiger partial charge in [-0.1, -0.05) is 36.4 Å². The summed E-state index contributed by atoms with van der Waals surface area (Å²) < 4.78 is 2.10. The molecule has 5 rings (SSSR count). The molecule has 1 aliphatic heterocycles. The number of hydrogen-bond acceptors (Lipinski definition) is 4. The fraction of sp³-hybridized carbons (Fsp3) is 0.227. The molecule has 0 atom stereocenters. The number of imidazole rings is 1. The first kappa shape index (κ1) is 16.9. The lowest BCUT2D eigenvalue weighted by atomic mass is 10.1. The van der Waals surface area contributed by atoms with Crippen LogP contribution in [0, 0.1) is 6.92 Å². The summed E-state index contributed by atoms with van der Waals surface area (Å²) in [5.74, 6) is 1.63. The van der Waals surface area contributed by atoms with E-state index in [9.17, 15) is 4.79 Å². The van der Waals surface area contributed by atoms with E-state index in [0.29, 0.717) is 12.4 Å². The van der Waals surface area contributed by atoms with E-state index >= 15 is 0 Å². The molecule has 6 nitrogen and oxygen atoms in total. The van der Waals surface area contributed by atoms with E-state index in [1.54, 1.807) is 0 Å². The zero-order chi connectivity index (χ0) is 19.1. The van der Waals surface area contributed by atoms with Gasteiger partial charge in [-0.3, -0.25) is 9.69 Å². The first-order chi connectivity index (χ1) is 13.7. The summed E-state index contributed by atoms with van der Waals surface area (Å²) in [6.07, 6.45) is 2.80. The van der Waals surface area contributed by atoms with Gasteiger partial charge in [0.15, 0.2) is 0 Å². The summed E-state index contributed by atoms with van der Waals surface area (Å²) in [7, 11) is 0. The van der Waals surface area contributed by atoms with Crippen molar-refractivity contribution in [2.45, 2.75) is 26.4 Å². The van der Waals surface area contributed by atoms with Crippen molar-refractivity contribution >= 4 is 5.52 Å². The van der Waals surface area contributed by atoms with Crippen molar-refractivity contribution in [2.75, 3.05) is 6.54 Å². The summed E-state index contributed by atoms with van der Waals surface area (Å²) in [5.41, 5.74) is 4.74. The Kier molecular flexibility index (Phi) is 4.06. The first-order valence-corrected chi connectivity index (χ1v) is 9.51. The quantitative estimate of drug-likeness (QED) is 0.601. The van der Waals surface area contributed by atoms with Crippen LogP contribution in [0.5, 0.6) is 0 Å². The molecule has 0 bridgehead atoms. The van der Waals surface area contributed by atoms with E-state index in [2.05, 4.69) is 20.4 Å². The second-order valence-corrected chi connectivity index (χ2v) is 7.23. The number of hydrogen-bond donors (Lipinski definition) is 1. The van der Waals surface area contributed by atoms with Crippen LogP contribution < -0.4 is 5.56 Å². The molecule has 0 spiro atoms. The molecule has 1 aliphatic rings. The van der Waals surface area contributed by atoms with E-state index in [-0.39, 0.29) is 5.56 Å². The Labute approximate surface area is 162 Å². The maximum atomic E-state index is 12.7. The number of rotatable bonds is 3. The van der Waals surface area contributed by atoms with Crippen LogP contribution in [0.3, 0.4) is 0 Å². The maximum absolute atomic E-state index is 12.7. The molecule has 3 aromatic heterocycles. The minimum atomic E-state index is -0.0422. The smallest absolute Gasteiger partial charge is 0.255 e. The van der Waals surface area contributed by atoms with Crippen LogP contribution in [0.2, 0.25) is 0 Å². The molecule has 1 aromatic carbocycles. The Bertz CT molecular complexity index is 1210. The Morgan fingerprint density at radius 3 is 2.75 bits per heavy atom. The van der Waals surface area contributed by atoms with Crippen LogP contribution >= 0.6 is 0 Å². The van der Waals surface area contributed by atoms with Crippen molar-refractivity contribution < 1.29 is 0 Å². The SMILES string of the molecule is Cc1nc(CN2CCc3nc(-c4ccccc4)[nH]c(=O)c3C2)c2ccccn12. The molecule has 0 amide bonds. The molecule has 28 heavy (non-hydrogen) atoms. The molecule has 4 heterocycles. The molecular formula is C22H21N5O. The number of pyridine rings is 1. The number of nitrogens with one attached hydrogen (secondary N) is 1.